The molecule has 0 aromatic heterocycles. The van der Waals surface area contributed by atoms with E-state index in [-0.39, 0.29) is 5.84 Å². The lowest BCUT2D eigenvalue weighted by Gasteiger charge is -2.19. The maximum Gasteiger partial charge on any atom is 0.303 e. The molecule has 0 bridgehead atoms. The fourth-order valence-electron chi connectivity index (χ4n) is 1.84. The molecule has 0 radical (unpaired) electrons. The van der Waals surface area contributed by atoms with Gasteiger partial charge in [-0.2, -0.15) is 0 Å². The fraction of sp³-hybridized carbons (Fsp3) is 0.400. The number of nitrogens with one attached hydrogen (secondary N) is 3. The first-order valence-corrected chi connectivity index (χ1v) is 10.5. The van der Waals surface area contributed by atoms with E-state index in [1.54, 1.807) is 0 Å². The van der Waals surface area contributed by atoms with E-state index in [4.69, 9.17) is 20.4 Å². The van der Waals surface area contributed by atoms with E-state index < -0.39 is 14.3 Å². The van der Waals surface area contributed by atoms with Gasteiger partial charge in [0.05, 0.1) is 0 Å². The van der Waals surface area contributed by atoms with Crippen LogP contribution in [0.25, 0.3) is 0 Å². The SMILES string of the molecule is CCCC(=O)O.C[Si](C)(C)Oc1ccc2c(c1)C(=N)NC2=N. The molecule has 1 aromatic carbocycles. The number of benzene rings is 1. The molecule has 1 aromatic rings. The number of carbonyl (C=O) groups is 1. The molecule has 120 valence electrons. The minimum atomic E-state index is -1.61. The highest BCUT2D eigenvalue weighted by Crippen LogP contribution is 2.23. The highest BCUT2D eigenvalue weighted by molar-refractivity contribution is 6.70. The van der Waals surface area contributed by atoms with Gasteiger partial charge in [0.1, 0.15) is 17.4 Å². The average molecular weight is 321 g/mol. The van der Waals surface area contributed by atoms with Crippen LogP contribution >= 0.6 is 0 Å². The fourth-order valence-corrected chi connectivity index (χ4v) is 2.67. The van der Waals surface area contributed by atoms with Crippen molar-refractivity contribution in [2.75, 3.05) is 0 Å². The van der Waals surface area contributed by atoms with Crippen molar-refractivity contribution in [2.24, 2.45) is 0 Å². The largest absolute Gasteiger partial charge is 0.544 e. The molecule has 1 heterocycles. The van der Waals surface area contributed by atoms with Crippen LogP contribution in [0, 0.1) is 10.8 Å². The molecule has 22 heavy (non-hydrogen) atoms. The zero-order chi connectivity index (χ0) is 16.9. The minimum absolute atomic E-state index is 0.279. The van der Waals surface area contributed by atoms with E-state index in [0.717, 1.165) is 23.3 Å². The zero-order valence-electron chi connectivity index (χ0n) is 13.4. The van der Waals surface area contributed by atoms with E-state index in [2.05, 4.69) is 25.0 Å². The maximum atomic E-state index is 9.60. The zero-order valence-corrected chi connectivity index (χ0v) is 14.4. The van der Waals surface area contributed by atoms with Crippen molar-refractivity contribution in [2.45, 2.75) is 39.4 Å². The van der Waals surface area contributed by atoms with Gasteiger partial charge < -0.3 is 14.8 Å². The number of carboxylic acids is 1. The van der Waals surface area contributed by atoms with E-state index in [1.165, 1.54) is 0 Å². The van der Waals surface area contributed by atoms with Crippen LogP contribution in [0.3, 0.4) is 0 Å². The Hall–Kier alpha value is -2.15. The van der Waals surface area contributed by atoms with Crippen LogP contribution in [0.4, 0.5) is 0 Å². The van der Waals surface area contributed by atoms with Crippen molar-refractivity contribution in [1.29, 1.82) is 10.8 Å². The predicted octanol–water partition coefficient (Wildman–Crippen LogP) is 3.03. The normalized spacial score (nSPS) is 12.9. The van der Waals surface area contributed by atoms with Gasteiger partial charge in [-0.05, 0) is 44.3 Å². The smallest absolute Gasteiger partial charge is 0.303 e. The van der Waals surface area contributed by atoms with Gasteiger partial charge >= 0.3 is 5.97 Å². The molecular weight excluding hydrogens is 298 g/mol. The Morgan fingerprint density at radius 1 is 1.23 bits per heavy atom. The number of carboxylic acid groups (broad SMARTS) is 1. The van der Waals surface area contributed by atoms with Gasteiger partial charge in [-0.3, -0.25) is 15.6 Å². The summed E-state index contributed by atoms with van der Waals surface area (Å²) in [4.78, 5) is 9.60. The van der Waals surface area contributed by atoms with Crippen molar-refractivity contribution in [3.8, 4) is 5.75 Å². The molecule has 0 unspecified atom stereocenters. The molecule has 0 saturated heterocycles. The van der Waals surface area contributed by atoms with Crippen LogP contribution in [-0.2, 0) is 4.79 Å². The van der Waals surface area contributed by atoms with Crippen LogP contribution in [-0.4, -0.2) is 31.1 Å². The topological polar surface area (TPSA) is 106 Å². The molecule has 0 saturated carbocycles. The summed E-state index contributed by atoms with van der Waals surface area (Å²) in [5, 5.41) is 25.9. The summed E-state index contributed by atoms with van der Waals surface area (Å²) in [5.41, 5.74) is 1.52. The van der Waals surface area contributed by atoms with Crippen LogP contribution in [0.2, 0.25) is 19.6 Å². The number of hydrogen-bond donors (Lipinski definition) is 4. The van der Waals surface area contributed by atoms with Crippen LogP contribution < -0.4 is 9.74 Å². The van der Waals surface area contributed by atoms with Crippen LogP contribution in [0.15, 0.2) is 18.2 Å². The summed E-state index contributed by atoms with van der Waals surface area (Å²) in [6, 6.07) is 5.54. The molecule has 4 N–H and O–H groups in total. The number of fused-ring (bicyclic) bond motifs is 1. The first-order valence-electron chi connectivity index (χ1n) is 7.13. The van der Waals surface area contributed by atoms with E-state index >= 15 is 0 Å². The summed E-state index contributed by atoms with van der Waals surface area (Å²) in [6.07, 6.45) is 1.02. The van der Waals surface area contributed by atoms with Gasteiger partial charge in [-0.1, -0.05) is 6.92 Å². The second kappa shape index (κ2) is 7.21. The third-order valence-corrected chi connectivity index (χ3v) is 3.52. The van der Waals surface area contributed by atoms with E-state index in [1.807, 2.05) is 25.1 Å². The van der Waals surface area contributed by atoms with Gasteiger partial charge in [0.2, 0.25) is 8.32 Å². The van der Waals surface area contributed by atoms with Gasteiger partial charge in [0.25, 0.3) is 0 Å². The Labute approximate surface area is 131 Å². The van der Waals surface area contributed by atoms with Crippen LogP contribution in [0.1, 0.15) is 30.9 Å². The molecule has 2 rings (SSSR count). The standard InChI is InChI=1S/C11H15N3OSi.C4H8O2/c1-16(2,3)15-7-4-5-8-9(6-7)11(13)14-10(8)12;1-2-3-4(5)6/h4-6H,1-3H3,(H3,12,13,14);2-3H2,1H3,(H,5,6). The van der Waals surface area contributed by atoms with Gasteiger partial charge in [0.15, 0.2) is 0 Å². The minimum Gasteiger partial charge on any atom is -0.544 e. The maximum absolute atomic E-state index is 9.60. The first kappa shape index (κ1) is 17.9. The highest BCUT2D eigenvalue weighted by Gasteiger charge is 2.23. The van der Waals surface area contributed by atoms with Gasteiger partial charge in [-0.25, -0.2) is 0 Å². The lowest BCUT2D eigenvalue weighted by Crippen LogP contribution is -2.29. The second-order valence-corrected chi connectivity index (χ2v) is 10.4. The first-order chi connectivity index (χ1) is 10.1. The molecule has 0 amide bonds. The lowest BCUT2D eigenvalue weighted by atomic mass is 10.1. The van der Waals surface area contributed by atoms with E-state index in [9.17, 15) is 4.79 Å². The Kier molecular flexibility index (Phi) is 5.87. The molecule has 6 nitrogen and oxygen atoms in total. The average Bonchev–Trinajstić information content (AvgIpc) is 2.63. The Balaban J connectivity index is 0.000000346. The Morgan fingerprint density at radius 2 is 1.82 bits per heavy atom. The molecular formula is C15H23N3O3Si. The second-order valence-electron chi connectivity index (χ2n) is 5.94. The van der Waals surface area contributed by atoms with E-state index in [0.29, 0.717) is 12.3 Å². The molecule has 1 aliphatic rings. The monoisotopic (exact) mass is 321 g/mol. The number of amidine groups is 2. The van der Waals surface area contributed by atoms with Crippen molar-refractivity contribution in [3.63, 3.8) is 0 Å². The molecule has 1 aliphatic heterocycles. The third kappa shape index (κ3) is 5.32. The van der Waals surface area contributed by atoms with Crippen LogP contribution in [0.5, 0.6) is 5.75 Å². The summed E-state index contributed by atoms with van der Waals surface area (Å²) in [7, 11) is -1.61. The lowest BCUT2D eigenvalue weighted by molar-refractivity contribution is -0.137. The van der Waals surface area contributed by atoms with Gasteiger partial charge in [0, 0.05) is 17.5 Å². The summed E-state index contributed by atoms with van der Waals surface area (Å²) in [6.45, 7) is 8.19. The third-order valence-electron chi connectivity index (χ3n) is 2.67. The van der Waals surface area contributed by atoms with Crippen molar-refractivity contribution in [1.82, 2.24) is 5.32 Å². The molecule has 0 atom stereocenters. The summed E-state index contributed by atoms with van der Waals surface area (Å²) in [5.74, 6) is 0.650. The number of hydrogen-bond acceptors (Lipinski definition) is 4. The summed E-state index contributed by atoms with van der Waals surface area (Å²) < 4.78 is 5.85. The number of aliphatic carboxylic acids is 1. The van der Waals surface area contributed by atoms with Crippen molar-refractivity contribution >= 4 is 26.0 Å². The molecule has 0 spiro atoms. The van der Waals surface area contributed by atoms with Crippen molar-refractivity contribution in [3.05, 3.63) is 29.3 Å². The van der Waals surface area contributed by atoms with Crippen molar-refractivity contribution < 1.29 is 14.3 Å². The van der Waals surface area contributed by atoms with Gasteiger partial charge in [-0.15, -0.1) is 0 Å². The summed E-state index contributed by atoms with van der Waals surface area (Å²) >= 11 is 0. The Morgan fingerprint density at radius 3 is 2.27 bits per heavy atom. The molecule has 7 heteroatoms. The predicted molar refractivity (Wildman–Crippen MR) is 89.8 cm³/mol. The molecule has 0 aliphatic carbocycles. The Bertz CT molecular complexity index is 594. The highest BCUT2D eigenvalue weighted by atomic mass is 28.4. The number of rotatable bonds is 4. The quantitative estimate of drug-likeness (QED) is 0.639. The molecule has 0 fully saturated rings.